The van der Waals surface area contributed by atoms with Crippen molar-refractivity contribution in [3.8, 4) is 0 Å². The van der Waals surface area contributed by atoms with Crippen LogP contribution in [-0.4, -0.2) is 12.5 Å². The van der Waals surface area contributed by atoms with Crippen LogP contribution in [0.15, 0.2) is 48.5 Å². The van der Waals surface area contributed by atoms with Gasteiger partial charge in [-0.25, -0.2) is 0 Å². The predicted octanol–water partition coefficient (Wildman–Crippen LogP) is 2.97. The van der Waals surface area contributed by atoms with Gasteiger partial charge in [-0.1, -0.05) is 41.9 Å². The first-order valence-corrected chi connectivity index (χ1v) is 6.49. The summed E-state index contributed by atoms with van der Waals surface area (Å²) in [5.74, 6) is -0.0398. The molecule has 3 rings (SSSR count). The minimum Gasteiger partial charge on any atom is -0.325 e. The molecule has 0 unspecified atom stereocenters. The van der Waals surface area contributed by atoms with Gasteiger partial charge >= 0.3 is 0 Å². The third-order valence-electron chi connectivity index (χ3n) is 3.20. The molecule has 3 nitrogen and oxygen atoms in total. The average molecular weight is 273 g/mol. The summed E-state index contributed by atoms with van der Waals surface area (Å²) in [6.07, 6.45) is 0. The van der Waals surface area contributed by atoms with Crippen LogP contribution in [0, 0.1) is 0 Å². The van der Waals surface area contributed by atoms with Crippen LogP contribution in [0.2, 0.25) is 5.02 Å². The van der Waals surface area contributed by atoms with Gasteiger partial charge in [-0.15, -0.1) is 0 Å². The lowest BCUT2D eigenvalue weighted by Crippen LogP contribution is -2.27. The van der Waals surface area contributed by atoms with E-state index in [1.807, 2.05) is 42.5 Å². The smallest absolute Gasteiger partial charge is 0.238 e. The monoisotopic (exact) mass is 272 g/mol. The number of hydrogen-bond acceptors (Lipinski definition) is 2. The van der Waals surface area contributed by atoms with Crippen molar-refractivity contribution in [3.05, 3.63) is 64.7 Å². The van der Waals surface area contributed by atoms with Gasteiger partial charge in [0.25, 0.3) is 0 Å². The third kappa shape index (κ3) is 2.48. The molecule has 2 N–H and O–H groups in total. The highest BCUT2D eigenvalue weighted by atomic mass is 35.5. The number of anilines is 1. The molecule has 1 heterocycles. The molecule has 0 saturated carbocycles. The van der Waals surface area contributed by atoms with E-state index in [4.69, 9.17) is 11.6 Å². The summed E-state index contributed by atoms with van der Waals surface area (Å²) in [6.45, 7) is 0.284. The van der Waals surface area contributed by atoms with Gasteiger partial charge in [0.2, 0.25) is 5.91 Å². The van der Waals surface area contributed by atoms with Gasteiger partial charge in [0, 0.05) is 10.7 Å². The van der Waals surface area contributed by atoms with E-state index in [9.17, 15) is 4.79 Å². The Morgan fingerprint density at radius 1 is 1.11 bits per heavy atom. The van der Waals surface area contributed by atoms with Gasteiger partial charge in [-0.3, -0.25) is 10.1 Å². The van der Waals surface area contributed by atoms with Gasteiger partial charge in [0.15, 0.2) is 0 Å². The minimum absolute atomic E-state index is 0.0335. The van der Waals surface area contributed by atoms with Gasteiger partial charge in [0.05, 0.1) is 12.6 Å². The predicted molar refractivity (Wildman–Crippen MR) is 76.4 cm³/mol. The maximum absolute atomic E-state index is 11.7. The molecule has 1 amide bonds. The molecule has 96 valence electrons. The molecule has 1 aliphatic rings. The molecule has 0 bridgehead atoms. The van der Waals surface area contributed by atoms with E-state index >= 15 is 0 Å². The Hall–Kier alpha value is -1.84. The number of fused-ring (bicyclic) bond motifs is 1. The van der Waals surface area contributed by atoms with Gasteiger partial charge in [-0.2, -0.15) is 0 Å². The topological polar surface area (TPSA) is 41.1 Å². The highest BCUT2D eigenvalue weighted by Crippen LogP contribution is 2.32. The summed E-state index contributed by atoms with van der Waals surface area (Å²) < 4.78 is 0. The molecule has 0 aliphatic carbocycles. The van der Waals surface area contributed by atoms with Crippen LogP contribution in [0.1, 0.15) is 17.2 Å². The van der Waals surface area contributed by atoms with Gasteiger partial charge in [0.1, 0.15) is 0 Å². The molecule has 2 aromatic rings. The summed E-state index contributed by atoms with van der Waals surface area (Å²) >= 11 is 6.08. The molecule has 1 atom stereocenters. The van der Waals surface area contributed by atoms with Crippen molar-refractivity contribution in [2.24, 2.45) is 0 Å². The van der Waals surface area contributed by atoms with E-state index < -0.39 is 0 Å². The number of nitrogens with one attached hydrogen (secondary N) is 2. The van der Waals surface area contributed by atoms with Crippen LogP contribution in [0.3, 0.4) is 0 Å². The van der Waals surface area contributed by atoms with E-state index in [1.54, 1.807) is 6.07 Å². The minimum atomic E-state index is -0.0398. The highest BCUT2D eigenvalue weighted by Gasteiger charge is 2.22. The molecule has 0 radical (unpaired) electrons. The second kappa shape index (κ2) is 5.03. The van der Waals surface area contributed by atoms with Crippen LogP contribution >= 0.6 is 11.6 Å². The standard InChI is InChI=1S/C15H13ClN2O/c16-11-6-7-13-12(8-11)15(17-9-14(19)18-13)10-4-2-1-3-5-10/h1-8,15,17H,9H2,(H,18,19)/t15-/m0/s1. The maximum atomic E-state index is 11.7. The number of rotatable bonds is 1. The lowest BCUT2D eigenvalue weighted by molar-refractivity contribution is -0.115. The van der Waals surface area contributed by atoms with Crippen molar-refractivity contribution >= 4 is 23.2 Å². The van der Waals surface area contributed by atoms with Crippen molar-refractivity contribution in [1.82, 2.24) is 5.32 Å². The Labute approximate surface area is 116 Å². The Balaban J connectivity index is 2.11. The first-order valence-electron chi connectivity index (χ1n) is 6.11. The first kappa shape index (κ1) is 12.2. The van der Waals surface area contributed by atoms with Crippen LogP contribution < -0.4 is 10.6 Å². The Morgan fingerprint density at radius 3 is 2.68 bits per heavy atom. The van der Waals surface area contributed by atoms with Crippen molar-refractivity contribution in [3.63, 3.8) is 0 Å². The lowest BCUT2D eigenvalue weighted by atomic mass is 9.97. The lowest BCUT2D eigenvalue weighted by Gasteiger charge is -2.18. The second-order valence-corrected chi connectivity index (χ2v) is 4.94. The summed E-state index contributed by atoms with van der Waals surface area (Å²) in [5, 5.41) is 6.81. The van der Waals surface area contributed by atoms with Gasteiger partial charge in [-0.05, 0) is 29.3 Å². The zero-order valence-corrected chi connectivity index (χ0v) is 10.9. The number of benzene rings is 2. The molecular formula is C15H13ClN2O. The Kier molecular flexibility index (Phi) is 3.23. The fourth-order valence-electron chi connectivity index (χ4n) is 2.33. The zero-order valence-electron chi connectivity index (χ0n) is 10.2. The molecule has 0 aromatic heterocycles. The fraction of sp³-hybridized carbons (Fsp3) is 0.133. The van der Waals surface area contributed by atoms with Crippen molar-refractivity contribution in [2.75, 3.05) is 11.9 Å². The SMILES string of the molecule is O=C1CN[C@@H](c2ccccc2)c2cc(Cl)ccc2N1. The van der Waals surface area contributed by atoms with E-state index in [2.05, 4.69) is 10.6 Å². The summed E-state index contributed by atoms with van der Waals surface area (Å²) in [6, 6.07) is 15.5. The maximum Gasteiger partial charge on any atom is 0.238 e. The summed E-state index contributed by atoms with van der Waals surface area (Å²) in [4.78, 5) is 11.7. The van der Waals surface area contributed by atoms with E-state index in [0.717, 1.165) is 16.8 Å². The van der Waals surface area contributed by atoms with Crippen molar-refractivity contribution in [1.29, 1.82) is 0 Å². The Bertz CT molecular complexity index is 613. The summed E-state index contributed by atoms with van der Waals surface area (Å²) in [7, 11) is 0. The normalized spacial score (nSPS) is 18.4. The molecule has 19 heavy (non-hydrogen) atoms. The van der Waals surface area contributed by atoms with E-state index in [-0.39, 0.29) is 18.5 Å². The van der Waals surface area contributed by atoms with Crippen LogP contribution in [0.25, 0.3) is 0 Å². The van der Waals surface area contributed by atoms with Crippen molar-refractivity contribution in [2.45, 2.75) is 6.04 Å². The molecule has 0 fully saturated rings. The zero-order chi connectivity index (χ0) is 13.2. The largest absolute Gasteiger partial charge is 0.325 e. The molecule has 0 spiro atoms. The molecule has 0 saturated heterocycles. The van der Waals surface area contributed by atoms with Crippen LogP contribution in [-0.2, 0) is 4.79 Å². The Morgan fingerprint density at radius 2 is 1.89 bits per heavy atom. The first-order chi connectivity index (χ1) is 9.24. The van der Waals surface area contributed by atoms with Crippen LogP contribution in [0.5, 0.6) is 0 Å². The highest BCUT2D eigenvalue weighted by molar-refractivity contribution is 6.30. The number of halogens is 1. The van der Waals surface area contributed by atoms with E-state index in [0.29, 0.717) is 5.02 Å². The summed E-state index contributed by atoms with van der Waals surface area (Å²) in [5.41, 5.74) is 2.92. The number of carbonyl (C=O) groups is 1. The van der Waals surface area contributed by atoms with E-state index in [1.165, 1.54) is 0 Å². The third-order valence-corrected chi connectivity index (χ3v) is 3.43. The van der Waals surface area contributed by atoms with Gasteiger partial charge < -0.3 is 5.32 Å². The molecular weight excluding hydrogens is 260 g/mol. The quantitative estimate of drug-likeness (QED) is 0.838. The second-order valence-electron chi connectivity index (χ2n) is 4.50. The average Bonchev–Trinajstić information content (AvgIpc) is 2.58. The molecule has 4 heteroatoms. The molecule has 1 aliphatic heterocycles. The number of hydrogen-bond donors (Lipinski definition) is 2. The van der Waals surface area contributed by atoms with Crippen LogP contribution in [0.4, 0.5) is 5.69 Å². The van der Waals surface area contributed by atoms with Crippen molar-refractivity contribution < 1.29 is 4.79 Å². The fourth-order valence-corrected chi connectivity index (χ4v) is 2.51. The molecule has 2 aromatic carbocycles. The number of carbonyl (C=O) groups excluding carboxylic acids is 1. The number of amides is 1.